The van der Waals surface area contributed by atoms with Crippen molar-refractivity contribution in [3.8, 4) is 5.06 Å². The summed E-state index contributed by atoms with van der Waals surface area (Å²) in [5.41, 5.74) is 3.53. The van der Waals surface area contributed by atoms with Gasteiger partial charge in [0.1, 0.15) is 6.04 Å². The molecule has 4 rings (SSSR count). The van der Waals surface area contributed by atoms with Crippen LogP contribution in [0.15, 0.2) is 60.7 Å². The Bertz CT molecular complexity index is 1230. The van der Waals surface area contributed by atoms with Crippen molar-refractivity contribution in [1.29, 1.82) is 0 Å². The molecule has 2 heterocycles. The molecule has 1 aliphatic rings. The van der Waals surface area contributed by atoms with Crippen LogP contribution < -0.4 is 20.7 Å². The van der Waals surface area contributed by atoms with E-state index in [-0.39, 0.29) is 12.5 Å². The molecule has 1 aromatic heterocycles. The number of thiophene rings is 1. The second kappa shape index (κ2) is 12.0. The summed E-state index contributed by atoms with van der Waals surface area (Å²) >= 11 is 6.99. The number of hydrogen-bond donors (Lipinski definition) is 3. The number of halogens is 1. The third-order valence-corrected chi connectivity index (χ3v) is 6.96. The molecule has 0 saturated heterocycles. The Morgan fingerprint density at radius 3 is 2.50 bits per heavy atom. The maximum absolute atomic E-state index is 13.2. The summed E-state index contributed by atoms with van der Waals surface area (Å²) in [5, 5.41) is 8.42. The van der Waals surface area contributed by atoms with Crippen LogP contribution in [-0.2, 0) is 17.6 Å². The van der Waals surface area contributed by atoms with Crippen LogP contribution in [-0.4, -0.2) is 55.5 Å². The van der Waals surface area contributed by atoms with Gasteiger partial charge in [-0.1, -0.05) is 47.2 Å². The quantitative estimate of drug-likeness (QED) is 0.433. The van der Waals surface area contributed by atoms with Gasteiger partial charge in [0.15, 0.2) is 5.06 Å². The number of amides is 3. The molecule has 36 heavy (non-hydrogen) atoms. The van der Waals surface area contributed by atoms with Crippen molar-refractivity contribution in [3.63, 3.8) is 0 Å². The zero-order valence-corrected chi connectivity index (χ0v) is 21.3. The fourth-order valence-corrected chi connectivity index (χ4v) is 4.73. The average Bonchev–Trinajstić information content (AvgIpc) is 3.19. The number of anilines is 1. The summed E-state index contributed by atoms with van der Waals surface area (Å²) in [7, 11) is 2.10. The van der Waals surface area contributed by atoms with Gasteiger partial charge in [-0.3, -0.25) is 9.59 Å². The molecule has 0 saturated carbocycles. The molecule has 0 unspecified atom stereocenters. The maximum Gasteiger partial charge on any atom is 0.414 e. The van der Waals surface area contributed by atoms with Crippen LogP contribution in [0.3, 0.4) is 0 Å². The number of ether oxygens (including phenoxy) is 1. The molecule has 1 atom stereocenters. The monoisotopic (exact) mass is 526 g/mol. The van der Waals surface area contributed by atoms with Crippen molar-refractivity contribution < 1.29 is 19.1 Å². The van der Waals surface area contributed by atoms with Crippen LogP contribution in [0.4, 0.5) is 10.5 Å². The lowest BCUT2D eigenvalue weighted by Crippen LogP contribution is -2.51. The molecule has 3 N–H and O–H groups in total. The number of nitrogens with zero attached hydrogens (tertiary/aromatic N) is 1. The molecule has 0 radical (unpaired) electrons. The fourth-order valence-electron chi connectivity index (χ4n) is 3.86. The minimum Gasteiger partial charge on any atom is -0.399 e. The molecular weight excluding hydrogens is 500 g/mol. The van der Waals surface area contributed by atoms with E-state index in [9.17, 15) is 14.4 Å². The fraction of sp³-hybridized carbons (Fsp3) is 0.269. The third kappa shape index (κ3) is 7.07. The Morgan fingerprint density at radius 2 is 1.78 bits per heavy atom. The SMILES string of the molecule is CN1CCc2ccc(NC(=O)[C@@H](CNC(=O)c3ccccc3)NC(=O)Oc3ccc(Cl)s3)cc2CC1. The molecule has 1 aliphatic heterocycles. The summed E-state index contributed by atoms with van der Waals surface area (Å²) in [6.45, 7) is 1.80. The lowest BCUT2D eigenvalue weighted by Gasteiger charge is -2.19. The van der Waals surface area contributed by atoms with Crippen LogP contribution in [0.25, 0.3) is 0 Å². The summed E-state index contributed by atoms with van der Waals surface area (Å²) in [6.07, 6.45) is 1.02. The molecule has 3 amide bonds. The molecule has 188 valence electrons. The number of fused-ring (bicyclic) bond motifs is 1. The highest BCUT2D eigenvalue weighted by Gasteiger charge is 2.24. The van der Waals surface area contributed by atoms with E-state index in [1.807, 2.05) is 18.2 Å². The van der Waals surface area contributed by atoms with Gasteiger partial charge in [0.2, 0.25) is 5.91 Å². The molecule has 0 spiro atoms. The van der Waals surface area contributed by atoms with E-state index < -0.39 is 18.0 Å². The van der Waals surface area contributed by atoms with E-state index in [2.05, 4.69) is 27.9 Å². The van der Waals surface area contributed by atoms with E-state index in [0.717, 1.165) is 37.3 Å². The zero-order valence-electron chi connectivity index (χ0n) is 19.8. The second-order valence-corrected chi connectivity index (χ2v) is 10.2. The Morgan fingerprint density at radius 1 is 1.03 bits per heavy atom. The van der Waals surface area contributed by atoms with Gasteiger partial charge in [-0.15, -0.1) is 0 Å². The number of nitrogens with one attached hydrogen (secondary N) is 3. The van der Waals surface area contributed by atoms with Crippen molar-refractivity contribution in [2.24, 2.45) is 0 Å². The van der Waals surface area contributed by atoms with Gasteiger partial charge in [0.25, 0.3) is 5.91 Å². The highest BCUT2D eigenvalue weighted by molar-refractivity contribution is 7.17. The summed E-state index contributed by atoms with van der Waals surface area (Å²) in [5.74, 6) is -0.835. The lowest BCUT2D eigenvalue weighted by atomic mass is 10.0. The highest BCUT2D eigenvalue weighted by Crippen LogP contribution is 2.28. The van der Waals surface area contributed by atoms with Gasteiger partial charge in [-0.2, -0.15) is 0 Å². The van der Waals surface area contributed by atoms with Crippen molar-refractivity contribution >= 4 is 46.5 Å². The molecule has 0 fully saturated rings. The van der Waals surface area contributed by atoms with E-state index >= 15 is 0 Å². The molecule has 8 nitrogen and oxygen atoms in total. The average molecular weight is 527 g/mol. The Hall–Kier alpha value is -3.40. The first-order valence-electron chi connectivity index (χ1n) is 11.6. The van der Waals surface area contributed by atoms with Gasteiger partial charge in [0, 0.05) is 30.9 Å². The summed E-state index contributed by atoms with van der Waals surface area (Å²) in [4.78, 5) is 40.5. The topological polar surface area (TPSA) is 99.8 Å². The third-order valence-electron chi connectivity index (χ3n) is 5.85. The van der Waals surface area contributed by atoms with E-state index in [0.29, 0.717) is 20.7 Å². The van der Waals surface area contributed by atoms with Gasteiger partial charge < -0.3 is 25.6 Å². The van der Waals surface area contributed by atoms with E-state index in [1.165, 1.54) is 11.1 Å². The predicted molar refractivity (Wildman–Crippen MR) is 141 cm³/mol. The largest absolute Gasteiger partial charge is 0.414 e. The normalized spacial score (nSPS) is 14.2. The minimum absolute atomic E-state index is 0.129. The molecule has 0 bridgehead atoms. The molecule has 0 aliphatic carbocycles. The number of benzene rings is 2. The van der Waals surface area contributed by atoms with Gasteiger partial charge >= 0.3 is 6.09 Å². The number of carbonyl (C=O) groups is 3. The van der Waals surface area contributed by atoms with Crippen molar-refractivity contribution in [3.05, 3.63) is 81.7 Å². The number of carbonyl (C=O) groups excluding carboxylic acids is 3. The van der Waals surface area contributed by atoms with Gasteiger partial charge in [-0.25, -0.2) is 4.79 Å². The molecular formula is C26H27ClN4O4S. The van der Waals surface area contributed by atoms with Gasteiger partial charge in [0.05, 0.1) is 4.34 Å². The van der Waals surface area contributed by atoms with Crippen LogP contribution in [0, 0.1) is 0 Å². The Labute approximate surface area is 218 Å². The van der Waals surface area contributed by atoms with Gasteiger partial charge in [-0.05, 0) is 67.4 Å². The number of hydrogen-bond acceptors (Lipinski definition) is 6. The minimum atomic E-state index is -1.08. The second-order valence-electron chi connectivity index (χ2n) is 8.50. The predicted octanol–water partition coefficient (Wildman–Crippen LogP) is 3.96. The first-order valence-corrected chi connectivity index (χ1v) is 12.7. The summed E-state index contributed by atoms with van der Waals surface area (Å²) < 4.78 is 5.71. The summed E-state index contributed by atoms with van der Waals surface area (Å²) in [6, 6.07) is 16.6. The molecule has 3 aromatic rings. The Kier molecular flexibility index (Phi) is 8.58. The highest BCUT2D eigenvalue weighted by atomic mass is 35.5. The van der Waals surface area contributed by atoms with E-state index in [4.69, 9.17) is 16.3 Å². The van der Waals surface area contributed by atoms with Crippen LogP contribution in [0.5, 0.6) is 5.06 Å². The first kappa shape index (κ1) is 25.7. The van der Waals surface area contributed by atoms with Crippen LogP contribution in [0.2, 0.25) is 4.34 Å². The first-order chi connectivity index (χ1) is 17.4. The smallest absolute Gasteiger partial charge is 0.399 e. The molecule has 2 aromatic carbocycles. The lowest BCUT2D eigenvalue weighted by molar-refractivity contribution is -0.117. The van der Waals surface area contributed by atoms with Crippen molar-refractivity contribution in [2.75, 3.05) is 32.0 Å². The molecule has 10 heteroatoms. The number of likely N-dealkylation sites (N-methyl/N-ethyl adjacent to an activating group) is 1. The Balaban J connectivity index is 1.45. The van der Waals surface area contributed by atoms with E-state index in [1.54, 1.807) is 42.5 Å². The maximum atomic E-state index is 13.2. The van der Waals surface area contributed by atoms with Crippen LogP contribution in [0.1, 0.15) is 21.5 Å². The number of rotatable bonds is 7. The zero-order chi connectivity index (χ0) is 25.5. The standard InChI is InChI=1S/C26H27ClN4O4S/c1-31-13-11-17-7-8-20(15-19(17)12-14-31)29-25(33)21(16-28-24(32)18-5-3-2-4-6-18)30-26(34)35-23-10-9-22(27)36-23/h2-10,15,21H,11-14,16H2,1H3,(H,28,32)(H,29,33)(H,30,34)/t21-/m1/s1. The van der Waals surface area contributed by atoms with Crippen molar-refractivity contribution in [1.82, 2.24) is 15.5 Å². The van der Waals surface area contributed by atoms with Crippen molar-refractivity contribution in [2.45, 2.75) is 18.9 Å². The van der Waals surface area contributed by atoms with Crippen LogP contribution >= 0.6 is 22.9 Å².